The maximum Gasteiger partial charge on any atom is 0.244 e. The summed E-state index contributed by atoms with van der Waals surface area (Å²) in [6, 6.07) is 21.3. The minimum atomic E-state index is -4.02. The molecular weight excluding hydrogens is 420 g/mol. The van der Waals surface area contributed by atoms with Crippen molar-refractivity contribution in [3.63, 3.8) is 0 Å². The molecule has 0 saturated carbocycles. The van der Waals surface area contributed by atoms with E-state index in [9.17, 15) is 13.2 Å². The SMILES string of the molecule is Cc1cccc(CCN([C@@H](C(N)=O)c2ccccc2)S(=O)(=O)c2ccc(Cl)cc2)c1. The molecule has 2 N–H and O–H groups in total. The van der Waals surface area contributed by atoms with Gasteiger partial charge in [-0.05, 0) is 48.7 Å². The van der Waals surface area contributed by atoms with E-state index in [0.717, 1.165) is 11.1 Å². The normalized spacial score (nSPS) is 12.6. The molecule has 30 heavy (non-hydrogen) atoms. The highest BCUT2D eigenvalue weighted by molar-refractivity contribution is 7.89. The van der Waals surface area contributed by atoms with E-state index in [1.54, 1.807) is 30.3 Å². The predicted octanol–water partition coefficient (Wildman–Crippen LogP) is 4.11. The zero-order chi connectivity index (χ0) is 21.7. The molecule has 0 aliphatic rings. The second-order valence-corrected chi connectivity index (χ2v) is 9.35. The van der Waals surface area contributed by atoms with Crippen LogP contribution in [0.4, 0.5) is 0 Å². The van der Waals surface area contributed by atoms with E-state index in [0.29, 0.717) is 17.0 Å². The third kappa shape index (κ3) is 5.08. The number of benzene rings is 3. The molecule has 0 fully saturated rings. The number of nitrogens with zero attached hydrogens (tertiary/aromatic N) is 1. The minimum absolute atomic E-state index is 0.0540. The summed E-state index contributed by atoms with van der Waals surface area (Å²) in [5.41, 5.74) is 8.27. The number of aryl methyl sites for hydroxylation is 1. The Hall–Kier alpha value is -2.67. The molecule has 0 aliphatic carbocycles. The van der Waals surface area contributed by atoms with E-state index < -0.39 is 22.0 Å². The van der Waals surface area contributed by atoms with Gasteiger partial charge in [0, 0.05) is 11.6 Å². The smallest absolute Gasteiger partial charge is 0.244 e. The van der Waals surface area contributed by atoms with Gasteiger partial charge in [-0.15, -0.1) is 0 Å². The largest absolute Gasteiger partial charge is 0.368 e. The van der Waals surface area contributed by atoms with Gasteiger partial charge in [-0.2, -0.15) is 4.31 Å². The lowest BCUT2D eigenvalue weighted by Crippen LogP contribution is -2.42. The van der Waals surface area contributed by atoms with Crippen LogP contribution in [-0.4, -0.2) is 25.2 Å². The average Bonchev–Trinajstić information content (AvgIpc) is 2.71. The number of carbonyl (C=O) groups excluding carboxylic acids is 1. The quantitative estimate of drug-likeness (QED) is 0.570. The lowest BCUT2D eigenvalue weighted by atomic mass is 10.1. The summed E-state index contributed by atoms with van der Waals surface area (Å²) in [7, 11) is -4.02. The Morgan fingerprint density at radius 3 is 2.27 bits per heavy atom. The summed E-state index contributed by atoms with van der Waals surface area (Å²) in [6.45, 7) is 2.07. The molecule has 3 aromatic carbocycles. The Morgan fingerprint density at radius 2 is 1.67 bits per heavy atom. The average molecular weight is 443 g/mol. The van der Waals surface area contributed by atoms with Crippen LogP contribution < -0.4 is 5.73 Å². The maximum atomic E-state index is 13.5. The van der Waals surface area contributed by atoms with E-state index >= 15 is 0 Å². The predicted molar refractivity (Wildman–Crippen MR) is 119 cm³/mol. The van der Waals surface area contributed by atoms with Gasteiger partial charge < -0.3 is 5.73 Å². The van der Waals surface area contributed by atoms with Crippen LogP contribution in [0, 0.1) is 6.92 Å². The molecule has 7 heteroatoms. The first-order valence-corrected chi connectivity index (χ1v) is 11.3. The summed E-state index contributed by atoms with van der Waals surface area (Å²) in [6.07, 6.45) is 0.436. The summed E-state index contributed by atoms with van der Waals surface area (Å²) in [4.78, 5) is 12.5. The van der Waals surface area contributed by atoms with Crippen molar-refractivity contribution in [2.24, 2.45) is 5.73 Å². The van der Waals surface area contributed by atoms with E-state index in [-0.39, 0.29) is 11.4 Å². The van der Waals surface area contributed by atoms with Crippen molar-refractivity contribution in [3.8, 4) is 0 Å². The van der Waals surface area contributed by atoms with Gasteiger partial charge >= 0.3 is 0 Å². The molecule has 0 aromatic heterocycles. The number of halogens is 1. The molecule has 1 atom stereocenters. The summed E-state index contributed by atoms with van der Waals surface area (Å²) in [5, 5.41) is 0.426. The van der Waals surface area contributed by atoms with Crippen LogP contribution in [0.5, 0.6) is 0 Å². The lowest BCUT2D eigenvalue weighted by Gasteiger charge is -2.29. The van der Waals surface area contributed by atoms with Gasteiger partial charge in [0.2, 0.25) is 15.9 Å². The molecule has 5 nitrogen and oxygen atoms in total. The fourth-order valence-electron chi connectivity index (χ4n) is 3.34. The Morgan fingerprint density at radius 1 is 1.00 bits per heavy atom. The zero-order valence-corrected chi connectivity index (χ0v) is 18.1. The van der Waals surface area contributed by atoms with Crippen molar-refractivity contribution in [1.82, 2.24) is 4.31 Å². The summed E-state index contributed by atoms with van der Waals surface area (Å²) >= 11 is 5.92. The number of nitrogens with two attached hydrogens (primary N) is 1. The van der Waals surface area contributed by atoms with Crippen molar-refractivity contribution in [2.45, 2.75) is 24.3 Å². The lowest BCUT2D eigenvalue weighted by molar-refractivity contribution is -0.121. The maximum absolute atomic E-state index is 13.5. The number of amides is 1. The Labute approximate surface area is 182 Å². The molecule has 1 amide bonds. The first-order valence-electron chi connectivity index (χ1n) is 9.46. The topological polar surface area (TPSA) is 80.5 Å². The molecule has 156 valence electrons. The molecule has 0 spiro atoms. The van der Waals surface area contributed by atoms with E-state index in [1.165, 1.54) is 28.6 Å². The number of rotatable bonds is 8. The fourth-order valence-corrected chi connectivity index (χ4v) is 5.06. The van der Waals surface area contributed by atoms with E-state index in [1.807, 2.05) is 31.2 Å². The van der Waals surface area contributed by atoms with Crippen LogP contribution in [0.1, 0.15) is 22.7 Å². The summed E-state index contributed by atoms with van der Waals surface area (Å²) in [5.74, 6) is -0.733. The highest BCUT2D eigenvalue weighted by atomic mass is 35.5. The van der Waals surface area contributed by atoms with Crippen LogP contribution in [0.15, 0.2) is 83.8 Å². The Kier molecular flexibility index (Phi) is 6.92. The van der Waals surface area contributed by atoms with Crippen LogP contribution >= 0.6 is 11.6 Å². The van der Waals surface area contributed by atoms with Crippen molar-refractivity contribution in [3.05, 3.63) is 101 Å². The molecule has 0 saturated heterocycles. The van der Waals surface area contributed by atoms with Gasteiger partial charge in [0.25, 0.3) is 0 Å². The molecule has 3 aromatic rings. The van der Waals surface area contributed by atoms with Crippen LogP contribution in [-0.2, 0) is 21.2 Å². The number of primary amides is 1. The van der Waals surface area contributed by atoms with Crippen molar-refractivity contribution in [1.29, 1.82) is 0 Å². The van der Waals surface area contributed by atoms with Crippen molar-refractivity contribution in [2.75, 3.05) is 6.54 Å². The zero-order valence-electron chi connectivity index (χ0n) is 16.5. The van der Waals surface area contributed by atoms with Crippen LogP contribution in [0.2, 0.25) is 5.02 Å². The fraction of sp³-hybridized carbons (Fsp3) is 0.174. The molecular formula is C23H23ClN2O3S. The number of hydrogen-bond acceptors (Lipinski definition) is 3. The monoisotopic (exact) mass is 442 g/mol. The summed E-state index contributed by atoms with van der Waals surface area (Å²) < 4.78 is 28.2. The van der Waals surface area contributed by atoms with E-state index in [2.05, 4.69) is 0 Å². The third-order valence-electron chi connectivity index (χ3n) is 4.80. The van der Waals surface area contributed by atoms with Crippen molar-refractivity contribution < 1.29 is 13.2 Å². The van der Waals surface area contributed by atoms with Crippen LogP contribution in [0.25, 0.3) is 0 Å². The Bertz CT molecular complexity index is 1120. The van der Waals surface area contributed by atoms with Gasteiger partial charge in [0.15, 0.2) is 0 Å². The second kappa shape index (κ2) is 9.43. The molecule has 0 unspecified atom stereocenters. The molecule has 0 aliphatic heterocycles. The third-order valence-corrected chi connectivity index (χ3v) is 6.93. The standard InChI is InChI=1S/C23H23ClN2O3S/c1-17-6-5-7-18(16-17)14-15-26(22(23(25)27)19-8-3-2-4-9-19)30(28,29)21-12-10-20(24)11-13-21/h2-13,16,22H,14-15H2,1H3,(H2,25,27)/t22-/m1/s1. The first-order chi connectivity index (χ1) is 14.3. The van der Waals surface area contributed by atoms with Gasteiger partial charge in [-0.3, -0.25) is 4.79 Å². The second-order valence-electron chi connectivity index (χ2n) is 7.02. The molecule has 0 bridgehead atoms. The van der Waals surface area contributed by atoms with Gasteiger partial charge in [-0.1, -0.05) is 71.8 Å². The number of carbonyl (C=O) groups is 1. The van der Waals surface area contributed by atoms with Gasteiger partial charge in [-0.25, -0.2) is 8.42 Å². The van der Waals surface area contributed by atoms with Crippen LogP contribution in [0.3, 0.4) is 0 Å². The highest BCUT2D eigenvalue weighted by Gasteiger charge is 2.35. The minimum Gasteiger partial charge on any atom is -0.368 e. The van der Waals surface area contributed by atoms with E-state index in [4.69, 9.17) is 17.3 Å². The number of hydrogen-bond donors (Lipinski definition) is 1. The first kappa shape index (κ1) is 22.0. The highest BCUT2D eigenvalue weighted by Crippen LogP contribution is 2.29. The molecule has 0 radical (unpaired) electrons. The molecule has 0 heterocycles. The van der Waals surface area contributed by atoms with Gasteiger partial charge in [0.05, 0.1) is 4.90 Å². The Balaban J connectivity index is 2.04. The molecule has 3 rings (SSSR count). The van der Waals surface area contributed by atoms with Gasteiger partial charge in [0.1, 0.15) is 6.04 Å². The number of sulfonamides is 1. The van der Waals surface area contributed by atoms with Crippen molar-refractivity contribution >= 4 is 27.5 Å².